The molecule has 9 heteroatoms. The first kappa shape index (κ1) is 20.4. The number of rotatable bonds is 5. The van der Waals surface area contributed by atoms with Crippen LogP contribution >= 0.6 is 15.9 Å². The third kappa shape index (κ3) is 4.51. The number of H-pyrrole nitrogens is 1. The molecule has 156 valence electrons. The summed E-state index contributed by atoms with van der Waals surface area (Å²) in [6.07, 6.45) is 1.62. The van der Waals surface area contributed by atoms with E-state index in [-0.39, 0.29) is 5.69 Å². The molecular weight excluding hydrogens is 462 g/mol. The standard InChI is InChI=1S/C22H18BrN5O3/c1-31-17-9-7-14(8-10-17)20-12-19(27-28(20)16-5-3-2-4-6-16)22(30)26-25-21(29)18-11-15(23)13-24-18/h2-13,24H,1H3,(H,25,29)(H,26,30). The van der Waals surface area contributed by atoms with Crippen molar-refractivity contribution in [2.24, 2.45) is 0 Å². The monoisotopic (exact) mass is 479 g/mol. The molecule has 0 radical (unpaired) electrons. The number of hydrogen-bond donors (Lipinski definition) is 3. The molecule has 0 bridgehead atoms. The molecule has 0 fully saturated rings. The van der Waals surface area contributed by atoms with Gasteiger partial charge in [0.25, 0.3) is 11.8 Å². The molecule has 2 aromatic heterocycles. The second-order valence-electron chi connectivity index (χ2n) is 6.53. The highest BCUT2D eigenvalue weighted by molar-refractivity contribution is 9.10. The summed E-state index contributed by atoms with van der Waals surface area (Å²) in [7, 11) is 1.60. The van der Waals surface area contributed by atoms with E-state index in [1.807, 2.05) is 54.6 Å². The molecule has 4 rings (SSSR count). The summed E-state index contributed by atoms with van der Waals surface area (Å²) >= 11 is 3.26. The van der Waals surface area contributed by atoms with Crippen LogP contribution in [0.15, 0.2) is 77.4 Å². The summed E-state index contributed by atoms with van der Waals surface area (Å²) in [5, 5.41) is 4.46. The van der Waals surface area contributed by atoms with Gasteiger partial charge >= 0.3 is 0 Å². The highest BCUT2D eigenvalue weighted by atomic mass is 79.9. The first-order valence-corrected chi connectivity index (χ1v) is 10.1. The molecular formula is C22H18BrN5O3. The van der Waals surface area contributed by atoms with E-state index in [2.05, 4.69) is 36.9 Å². The van der Waals surface area contributed by atoms with Crippen molar-refractivity contribution in [3.05, 3.63) is 88.8 Å². The van der Waals surface area contributed by atoms with Gasteiger partial charge in [-0.05, 0) is 64.5 Å². The van der Waals surface area contributed by atoms with Crippen molar-refractivity contribution in [2.45, 2.75) is 0 Å². The van der Waals surface area contributed by atoms with Gasteiger partial charge in [0.15, 0.2) is 5.69 Å². The van der Waals surface area contributed by atoms with Gasteiger partial charge in [-0.1, -0.05) is 18.2 Å². The Hall–Kier alpha value is -3.85. The van der Waals surface area contributed by atoms with Crippen LogP contribution in [-0.4, -0.2) is 33.7 Å². The zero-order valence-electron chi connectivity index (χ0n) is 16.4. The van der Waals surface area contributed by atoms with Crippen molar-refractivity contribution in [2.75, 3.05) is 7.11 Å². The number of methoxy groups -OCH3 is 1. The molecule has 31 heavy (non-hydrogen) atoms. The van der Waals surface area contributed by atoms with Gasteiger partial charge < -0.3 is 9.72 Å². The van der Waals surface area contributed by atoms with Crippen LogP contribution in [0.5, 0.6) is 5.75 Å². The van der Waals surface area contributed by atoms with E-state index in [9.17, 15) is 9.59 Å². The molecule has 0 aliphatic heterocycles. The number of carbonyl (C=O) groups is 2. The van der Waals surface area contributed by atoms with Crippen molar-refractivity contribution in [3.63, 3.8) is 0 Å². The Balaban J connectivity index is 1.61. The number of halogens is 1. The van der Waals surface area contributed by atoms with E-state index in [0.29, 0.717) is 5.69 Å². The molecule has 4 aromatic rings. The fraction of sp³-hybridized carbons (Fsp3) is 0.0455. The van der Waals surface area contributed by atoms with Gasteiger partial charge in [0.05, 0.1) is 18.5 Å². The normalized spacial score (nSPS) is 10.5. The van der Waals surface area contributed by atoms with Crippen LogP contribution in [0.1, 0.15) is 21.0 Å². The maximum Gasteiger partial charge on any atom is 0.290 e. The molecule has 2 amide bonds. The molecule has 0 aliphatic rings. The summed E-state index contributed by atoms with van der Waals surface area (Å²) in [6.45, 7) is 0. The molecule has 0 unspecified atom stereocenters. The van der Waals surface area contributed by atoms with Crippen LogP contribution < -0.4 is 15.6 Å². The van der Waals surface area contributed by atoms with Gasteiger partial charge in [-0.2, -0.15) is 5.10 Å². The Morgan fingerprint density at radius 2 is 1.71 bits per heavy atom. The van der Waals surface area contributed by atoms with Crippen molar-refractivity contribution >= 4 is 27.7 Å². The van der Waals surface area contributed by atoms with Crippen LogP contribution in [0.4, 0.5) is 0 Å². The average Bonchev–Trinajstić information content (AvgIpc) is 3.45. The molecule has 3 N–H and O–H groups in total. The van der Waals surface area contributed by atoms with Gasteiger partial charge in [-0.3, -0.25) is 20.4 Å². The molecule has 2 heterocycles. The smallest absolute Gasteiger partial charge is 0.290 e. The number of benzene rings is 2. The van der Waals surface area contributed by atoms with Gasteiger partial charge in [0.2, 0.25) is 0 Å². The van der Waals surface area contributed by atoms with Crippen LogP contribution in [0.25, 0.3) is 16.9 Å². The van der Waals surface area contributed by atoms with Gasteiger partial charge in [0, 0.05) is 16.2 Å². The summed E-state index contributed by atoms with van der Waals surface area (Å²) in [4.78, 5) is 27.6. The first-order valence-electron chi connectivity index (χ1n) is 9.29. The summed E-state index contributed by atoms with van der Waals surface area (Å²) < 4.78 is 7.64. The Bertz CT molecular complexity index is 1220. The number of nitrogens with zero attached hydrogens (tertiary/aromatic N) is 2. The first-order chi connectivity index (χ1) is 15.0. The van der Waals surface area contributed by atoms with Crippen molar-refractivity contribution in [1.82, 2.24) is 25.6 Å². The largest absolute Gasteiger partial charge is 0.497 e. The average molecular weight is 480 g/mol. The Kier molecular flexibility index (Phi) is 5.85. The van der Waals surface area contributed by atoms with Crippen LogP contribution in [-0.2, 0) is 0 Å². The van der Waals surface area contributed by atoms with Crippen LogP contribution in [0.2, 0.25) is 0 Å². The predicted octanol–water partition coefficient (Wildman–Crippen LogP) is 3.71. The predicted molar refractivity (Wildman–Crippen MR) is 119 cm³/mol. The number of hydrazine groups is 1. The Morgan fingerprint density at radius 3 is 2.35 bits per heavy atom. The lowest BCUT2D eigenvalue weighted by molar-refractivity contribution is 0.0841. The minimum absolute atomic E-state index is 0.155. The molecule has 0 atom stereocenters. The minimum atomic E-state index is -0.539. The molecule has 0 saturated heterocycles. The molecule has 0 aliphatic carbocycles. The molecule has 8 nitrogen and oxygen atoms in total. The fourth-order valence-corrected chi connectivity index (χ4v) is 3.31. The van der Waals surface area contributed by atoms with Gasteiger partial charge in [-0.15, -0.1) is 0 Å². The maximum absolute atomic E-state index is 12.7. The van der Waals surface area contributed by atoms with Crippen molar-refractivity contribution in [3.8, 4) is 22.7 Å². The van der Waals surface area contributed by atoms with E-state index in [1.165, 1.54) is 0 Å². The quantitative estimate of drug-likeness (QED) is 0.379. The molecule has 2 aromatic carbocycles. The zero-order valence-corrected chi connectivity index (χ0v) is 18.0. The maximum atomic E-state index is 12.7. The summed E-state index contributed by atoms with van der Waals surface area (Å²) in [5.41, 5.74) is 7.62. The number of carbonyl (C=O) groups excluding carboxylic acids is 2. The minimum Gasteiger partial charge on any atom is -0.497 e. The van der Waals surface area contributed by atoms with Crippen LogP contribution in [0.3, 0.4) is 0 Å². The lowest BCUT2D eigenvalue weighted by Crippen LogP contribution is -2.42. The van der Waals surface area contributed by atoms with E-state index in [1.54, 1.807) is 30.1 Å². The highest BCUT2D eigenvalue weighted by Gasteiger charge is 2.18. The molecule has 0 spiro atoms. The number of ether oxygens (including phenoxy) is 1. The fourth-order valence-electron chi connectivity index (χ4n) is 2.97. The zero-order chi connectivity index (χ0) is 21.8. The SMILES string of the molecule is COc1ccc(-c2cc(C(=O)NNC(=O)c3cc(Br)c[nH]3)nn2-c2ccccc2)cc1. The second-order valence-corrected chi connectivity index (χ2v) is 7.45. The number of aromatic amines is 1. The van der Waals surface area contributed by atoms with E-state index in [0.717, 1.165) is 27.2 Å². The third-order valence-electron chi connectivity index (χ3n) is 4.51. The topological polar surface area (TPSA) is 101 Å². The van der Waals surface area contributed by atoms with Crippen molar-refractivity contribution < 1.29 is 14.3 Å². The lowest BCUT2D eigenvalue weighted by Gasteiger charge is -2.08. The summed E-state index contributed by atoms with van der Waals surface area (Å²) in [6, 6.07) is 20.2. The van der Waals surface area contributed by atoms with Crippen molar-refractivity contribution in [1.29, 1.82) is 0 Å². The lowest BCUT2D eigenvalue weighted by atomic mass is 10.1. The third-order valence-corrected chi connectivity index (χ3v) is 4.97. The van der Waals surface area contributed by atoms with E-state index < -0.39 is 11.8 Å². The Morgan fingerprint density at radius 1 is 1.00 bits per heavy atom. The van der Waals surface area contributed by atoms with Crippen LogP contribution in [0, 0.1) is 0 Å². The number of hydrogen-bond acceptors (Lipinski definition) is 4. The van der Waals surface area contributed by atoms with Gasteiger partial charge in [-0.25, -0.2) is 4.68 Å². The van der Waals surface area contributed by atoms with Gasteiger partial charge in [0.1, 0.15) is 11.4 Å². The molecule has 0 saturated carbocycles. The highest BCUT2D eigenvalue weighted by Crippen LogP contribution is 2.26. The number of aromatic nitrogens is 3. The second kappa shape index (κ2) is 8.88. The summed E-state index contributed by atoms with van der Waals surface area (Å²) in [5.74, 6) is -0.286. The number of amides is 2. The van der Waals surface area contributed by atoms with E-state index in [4.69, 9.17) is 4.74 Å². The number of nitrogens with one attached hydrogen (secondary N) is 3. The van der Waals surface area contributed by atoms with E-state index >= 15 is 0 Å². The Labute approximate surface area is 186 Å². The number of para-hydroxylation sites is 1.